The second-order valence-electron chi connectivity index (χ2n) is 1.03. The van der Waals surface area contributed by atoms with E-state index < -0.39 is 6.10 Å². The van der Waals surface area contributed by atoms with Gasteiger partial charge in [0.15, 0.2) is 0 Å². The largest absolute Gasteiger partial charge is 0.394 e. The van der Waals surface area contributed by atoms with E-state index in [0.29, 0.717) is 0 Å². The standard InChI is InChI=1S/C3H8O2.Zr/c1-3(5)2-4;/h3-5H,2H2,1H3;. The molecule has 36 valence electrons. The summed E-state index contributed by atoms with van der Waals surface area (Å²) in [5.74, 6) is 0. The molecule has 0 aromatic rings. The van der Waals surface area contributed by atoms with Crippen LogP contribution < -0.4 is 0 Å². The maximum Gasteiger partial charge on any atom is 0.0742 e. The van der Waals surface area contributed by atoms with Crippen LogP contribution in [-0.2, 0) is 26.2 Å². The van der Waals surface area contributed by atoms with Gasteiger partial charge in [-0.2, -0.15) is 0 Å². The van der Waals surface area contributed by atoms with E-state index in [1.54, 1.807) is 0 Å². The van der Waals surface area contributed by atoms with E-state index in [9.17, 15) is 0 Å². The average Bonchev–Trinajstić information content (AvgIpc) is 1.38. The van der Waals surface area contributed by atoms with Gasteiger partial charge in [0.1, 0.15) is 0 Å². The summed E-state index contributed by atoms with van der Waals surface area (Å²) in [4.78, 5) is 0. The predicted molar refractivity (Wildman–Crippen MR) is 18.8 cm³/mol. The van der Waals surface area contributed by atoms with Crippen LogP contribution in [0.25, 0.3) is 0 Å². The van der Waals surface area contributed by atoms with Gasteiger partial charge in [0.2, 0.25) is 0 Å². The molecule has 0 aromatic carbocycles. The Morgan fingerprint density at radius 2 is 1.83 bits per heavy atom. The third-order valence-electron chi connectivity index (χ3n) is 0.264. The first kappa shape index (κ1) is 9.93. The minimum atomic E-state index is -0.560. The Labute approximate surface area is 56.3 Å². The molecule has 0 aliphatic heterocycles. The van der Waals surface area contributed by atoms with Crippen molar-refractivity contribution < 1.29 is 36.4 Å². The summed E-state index contributed by atoms with van der Waals surface area (Å²) in [5, 5.41) is 16.0. The summed E-state index contributed by atoms with van der Waals surface area (Å²) in [5.41, 5.74) is 0. The molecule has 0 heterocycles. The number of hydrogen-bond donors (Lipinski definition) is 2. The molecule has 0 fully saturated rings. The summed E-state index contributed by atoms with van der Waals surface area (Å²) in [6, 6.07) is 0. The average molecular weight is 167 g/mol. The Morgan fingerprint density at radius 1 is 1.67 bits per heavy atom. The molecule has 0 amide bonds. The van der Waals surface area contributed by atoms with E-state index in [2.05, 4.69) is 0 Å². The molecular formula is C3H8O2Zr. The predicted octanol–water partition coefficient (Wildman–Crippen LogP) is -0.643. The smallest absolute Gasteiger partial charge is 0.0742 e. The topological polar surface area (TPSA) is 40.5 Å². The molecule has 0 aliphatic carbocycles. The zero-order valence-electron chi connectivity index (χ0n) is 3.68. The SMILES string of the molecule is CC(O)CO.[Zr]. The third kappa shape index (κ3) is 8.84. The van der Waals surface area contributed by atoms with Crippen molar-refractivity contribution in [1.82, 2.24) is 0 Å². The van der Waals surface area contributed by atoms with Crippen molar-refractivity contribution in [2.24, 2.45) is 0 Å². The van der Waals surface area contributed by atoms with Crippen LogP contribution in [0.4, 0.5) is 0 Å². The van der Waals surface area contributed by atoms with Gasteiger partial charge in [0, 0.05) is 26.2 Å². The Balaban J connectivity index is 0. The van der Waals surface area contributed by atoms with Crippen molar-refractivity contribution in [2.45, 2.75) is 13.0 Å². The molecular weight excluding hydrogens is 159 g/mol. The first-order valence-corrected chi connectivity index (χ1v) is 1.56. The Morgan fingerprint density at radius 3 is 1.83 bits per heavy atom. The molecule has 2 nitrogen and oxygen atoms in total. The van der Waals surface area contributed by atoms with Crippen molar-refractivity contribution in [2.75, 3.05) is 6.61 Å². The van der Waals surface area contributed by atoms with Gasteiger partial charge in [-0.3, -0.25) is 0 Å². The molecule has 3 heteroatoms. The van der Waals surface area contributed by atoms with Gasteiger partial charge in [0.25, 0.3) is 0 Å². The molecule has 0 aromatic heterocycles. The molecule has 0 radical (unpaired) electrons. The first-order chi connectivity index (χ1) is 2.27. The van der Waals surface area contributed by atoms with Crippen molar-refractivity contribution in [3.8, 4) is 0 Å². The minimum absolute atomic E-state index is 0. The summed E-state index contributed by atoms with van der Waals surface area (Å²) in [6.45, 7) is 1.39. The first-order valence-electron chi connectivity index (χ1n) is 1.56. The second-order valence-corrected chi connectivity index (χ2v) is 1.03. The van der Waals surface area contributed by atoms with E-state index in [0.717, 1.165) is 0 Å². The summed E-state index contributed by atoms with van der Waals surface area (Å²) >= 11 is 0. The molecule has 1 unspecified atom stereocenters. The number of rotatable bonds is 1. The van der Waals surface area contributed by atoms with Crippen LogP contribution in [0, 0.1) is 0 Å². The van der Waals surface area contributed by atoms with E-state index in [-0.39, 0.29) is 32.8 Å². The van der Waals surface area contributed by atoms with Crippen molar-refractivity contribution in [3.63, 3.8) is 0 Å². The zero-order valence-corrected chi connectivity index (χ0v) is 6.14. The van der Waals surface area contributed by atoms with Crippen LogP contribution in [0.15, 0.2) is 0 Å². The Kier molecular flexibility index (Phi) is 9.60. The summed E-state index contributed by atoms with van der Waals surface area (Å²) < 4.78 is 0. The van der Waals surface area contributed by atoms with E-state index in [4.69, 9.17) is 10.2 Å². The van der Waals surface area contributed by atoms with Crippen molar-refractivity contribution >= 4 is 0 Å². The van der Waals surface area contributed by atoms with Gasteiger partial charge in [-0.15, -0.1) is 0 Å². The van der Waals surface area contributed by atoms with Crippen LogP contribution in [0.5, 0.6) is 0 Å². The van der Waals surface area contributed by atoms with Crippen LogP contribution >= 0.6 is 0 Å². The molecule has 2 N–H and O–H groups in total. The van der Waals surface area contributed by atoms with Crippen LogP contribution in [-0.4, -0.2) is 22.9 Å². The van der Waals surface area contributed by atoms with Crippen LogP contribution in [0.1, 0.15) is 6.92 Å². The maximum absolute atomic E-state index is 8.11. The fourth-order valence-electron chi connectivity index (χ4n) is 0. The molecule has 0 rings (SSSR count). The zero-order chi connectivity index (χ0) is 4.28. The Bertz CT molecular complexity index is 22.8. The molecule has 6 heavy (non-hydrogen) atoms. The van der Waals surface area contributed by atoms with Crippen LogP contribution in [0.2, 0.25) is 0 Å². The van der Waals surface area contributed by atoms with E-state index in [1.807, 2.05) is 0 Å². The van der Waals surface area contributed by atoms with Gasteiger partial charge < -0.3 is 10.2 Å². The Hall–Kier alpha value is 0.803. The van der Waals surface area contributed by atoms with E-state index >= 15 is 0 Å². The quantitative estimate of drug-likeness (QED) is 0.545. The molecule has 0 bridgehead atoms. The van der Waals surface area contributed by atoms with Gasteiger partial charge in [0.05, 0.1) is 12.7 Å². The minimum Gasteiger partial charge on any atom is -0.394 e. The maximum atomic E-state index is 8.11. The monoisotopic (exact) mass is 166 g/mol. The van der Waals surface area contributed by atoms with Gasteiger partial charge >= 0.3 is 0 Å². The van der Waals surface area contributed by atoms with Gasteiger partial charge in [-0.1, -0.05) is 0 Å². The van der Waals surface area contributed by atoms with Crippen LogP contribution in [0.3, 0.4) is 0 Å². The fourth-order valence-corrected chi connectivity index (χ4v) is 0. The number of hydrogen-bond acceptors (Lipinski definition) is 2. The normalized spacial score (nSPS) is 12.5. The summed E-state index contributed by atoms with van der Waals surface area (Å²) in [6.07, 6.45) is -0.560. The fraction of sp³-hybridized carbons (Fsp3) is 1.00. The molecule has 0 spiro atoms. The second kappa shape index (κ2) is 5.80. The molecule has 0 aliphatic rings. The summed E-state index contributed by atoms with van der Waals surface area (Å²) in [7, 11) is 0. The number of aliphatic hydroxyl groups is 2. The molecule has 1 atom stereocenters. The van der Waals surface area contributed by atoms with Crippen molar-refractivity contribution in [3.05, 3.63) is 0 Å². The van der Waals surface area contributed by atoms with E-state index in [1.165, 1.54) is 6.92 Å². The number of aliphatic hydroxyl groups excluding tert-OH is 2. The third-order valence-corrected chi connectivity index (χ3v) is 0.264. The van der Waals surface area contributed by atoms with Crippen molar-refractivity contribution in [1.29, 1.82) is 0 Å². The molecule has 0 saturated carbocycles. The van der Waals surface area contributed by atoms with Gasteiger partial charge in [-0.25, -0.2) is 0 Å². The van der Waals surface area contributed by atoms with Gasteiger partial charge in [-0.05, 0) is 6.92 Å². The molecule has 0 saturated heterocycles.